The molecule has 0 saturated heterocycles. The largest absolute Gasteiger partial charge is 0.401 e. The summed E-state index contributed by atoms with van der Waals surface area (Å²) in [7, 11) is 0. The average Bonchev–Trinajstić information content (AvgIpc) is 2.20. The summed E-state index contributed by atoms with van der Waals surface area (Å²) in [6.07, 6.45) is -3.54. The molecule has 0 saturated carbocycles. The van der Waals surface area contributed by atoms with Crippen molar-refractivity contribution in [3.63, 3.8) is 0 Å². The van der Waals surface area contributed by atoms with E-state index < -0.39 is 12.7 Å². The Morgan fingerprint density at radius 1 is 1.25 bits per heavy atom. The number of halogens is 4. The van der Waals surface area contributed by atoms with E-state index >= 15 is 0 Å². The smallest absolute Gasteiger partial charge is 0.302 e. The first-order valence-corrected chi connectivity index (χ1v) is 5.77. The minimum absolute atomic E-state index is 0.255. The molecule has 0 spiro atoms. The van der Waals surface area contributed by atoms with E-state index in [0.29, 0.717) is 6.42 Å². The van der Waals surface area contributed by atoms with E-state index in [1.54, 1.807) is 0 Å². The second-order valence-electron chi connectivity index (χ2n) is 3.51. The maximum Gasteiger partial charge on any atom is 0.401 e. The van der Waals surface area contributed by atoms with E-state index in [0.717, 1.165) is 10.0 Å². The first-order valence-electron chi connectivity index (χ1n) is 4.98. The summed E-state index contributed by atoms with van der Waals surface area (Å²) in [6.45, 7) is 0.900. The molecule has 1 unspecified atom stereocenters. The average molecular weight is 296 g/mol. The van der Waals surface area contributed by atoms with Gasteiger partial charge < -0.3 is 5.32 Å². The number of alkyl halides is 3. The lowest BCUT2D eigenvalue weighted by atomic mass is 10.0. The number of benzene rings is 1. The molecule has 1 aromatic rings. The Bertz CT molecular complexity index is 321. The van der Waals surface area contributed by atoms with E-state index in [-0.39, 0.29) is 6.04 Å². The normalized spacial score (nSPS) is 13.8. The van der Waals surface area contributed by atoms with Gasteiger partial charge in [-0.05, 0) is 24.1 Å². The fraction of sp³-hybridized carbons (Fsp3) is 0.455. The van der Waals surface area contributed by atoms with Gasteiger partial charge in [-0.3, -0.25) is 0 Å². The Labute approximate surface area is 101 Å². The maximum absolute atomic E-state index is 12.1. The Kier molecular flexibility index (Phi) is 4.80. The molecule has 90 valence electrons. The van der Waals surface area contributed by atoms with Crippen molar-refractivity contribution in [3.8, 4) is 0 Å². The highest BCUT2D eigenvalue weighted by atomic mass is 79.9. The molecule has 0 amide bonds. The summed E-state index contributed by atoms with van der Waals surface area (Å²) in [5.74, 6) is 0. The van der Waals surface area contributed by atoms with Crippen LogP contribution >= 0.6 is 15.9 Å². The lowest BCUT2D eigenvalue weighted by molar-refractivity contribution is -0.126. The molecule has 16 heavy (non-hydrogen) atoms. The first kappa shape index (κ1) is 13.5. The minimum Gasteiger partial charge on any atom is -0.302 e. The third kappa shape index (κ3) is 4.53. The molecule has 1 atom stereocenters. The molecule has 0 aliphatic carbocycles. The molecule has 1 N–H and O–H groups in total. The van der Waals surface area contributed by atoms with Crippen LogP contribution in [0.1, 0.15) is 24.9 Å². The summed E-state index contributed by atoms with van der Waals surface area (Å²) in [4.78, 5) is 0. The highest BCUT2D eigenvalue weighted by Gasteiger charge is 2.27. The van der Waals surface area contributed by atoms with E-state index in [9.17, 15) is 13.2 Å². The van der Waals surface area contributed by atoms with Gasteiger partial charge in [0.25, 0.3) is 0 Å². The molecule has 1 nitrogen and oxygen atoms in total. The second-order valence-corrected chi connectivity index (χ2v) is 4.42. The van der Waals surface area contributed by atoms with Gasteiger partial charge in [-0.1, -0.05) is 35.0 Å². The minimum atomic E-state index is -4.16. The van der Waals surface area contributed by atoms with Crippen LogP contribution in [0.25, 0.3) is 0 Å². The third-order valence-electron chi connectivity index (χ3n) is 2.23. The van der Waals surface area contributed by atoms with Crippen LogP contribution in [-0.2, 0) is 0 Å². The van der Waals surface area contributed by atoms with E-state index in [2.05, 4.69) is 21.2 Å². The summed E-state index contributed by atoms with van der Waals surface area (Å²) in [5, 5.41) is 2.50. The highest BCUT2D eigenvalue weighted by molar-refractivity contribution is 9.10. The summed E-state index contributed by atoms with van der Waals surface area (Å²) in [5.41, 5.74) is 0.870. The molecule has 0 aliphatic rings. The van der Waals surface area contributed by atoms with Crippen molar-refractivity contribution in [3.05, 3.63) is 34.3 Å². The topological polar surface area (TPSA) is 12.0 Å². The van der Waals surface area contributed by atoms with Crippen LogP contribution in [0.4, 0.5) is 13.2 Å². The molecular weight excluding hydrogens is 283 g/mol. The SMILES string of the molecule is CCC(NCC(F)(F)F)c1ccc(Br)cc1. The van der Waals surface area contributed by atoms with Gasteiger partial charge in [0, 0.05) is 10.5 Å². The molecule has 0 fully saturated rings. The summed E-state index contributed by atoms with van der Waals surface area (Å²) >= 11 is 3.29. The van der Waals surface area contributed by atoms with Crippen molar-refractivity contribution in [2.75, 3.05) is 6.54 Å². The van der Waals surface area contributed by atoms with Gasteiger partial charge in [0.2, 0.25) is 0 Å². The van der Waals surface area contributed by atoms with Gasteiger partial charge >= 0.3 is 6.18 Å². The van der Waals surface area contributed by atoms with Gasteiger partial charge in [0.1, 0.15) is 0 Å². The molecule has 0 aromatic heterocycles. The van der Waals surface area contributed by atoms with Crippen molar-refractivity contribution < 1.29 is 13.2 Å². The monoisotopic (exact) mass is 295 g/mol. The zero-order valence-electron chi connectivity index (χ0n) is 8.81. The third-order valence-corrected chi connectivity index (χ3v) is 2.76. The number of hydrogen-bond acceptors (Lipinski definition) is 1. The second kappa shape index (κ2) is 5.68. The lowest BCUT2D eigenvalue weighted by Crippen LogP contribution is -2.31. The van der Waals surface area contributed by atoms with Crippen LogP contribution in [0.3, 0.4) is 0 Å². The van der Waals surface area contributed by atoms with Crippen LogP contribution in [-0.4, -0.2) is 12.7 Å². The van der Waals surface area contributed by atoms with E-state index in [1.165, 1.54) is 0 Å². The van der Waals surface area contributed by atoms with Crippen molar-refractivity contribution in [1.29, 1.82) is 0 Å². The van der Waals surface area contributed by atoms with Crippen molar-refractivity contribution in [2.24, 2.45) is 0 Å². The van der Waals surface area contributed by atoms with Gasteiger partial charge in [-0.15, -0.1) is 0 Å². The molecule has 0 aliphatic heterocycles. The number of nitrogens with one attached hydrogen (secondary N) is 1. The fourth-order valence-corrected chi connectivity index (χ4v) is 1.70. The molecular formula is C11H13BrF3N. The van der Waals surface area contributed by atoms with Gasteiger partial charge in [0.15, 0.2) is 0 Å². The van der Waals surface area contributed by atoms with Crippen LogP contribution in [0.15, 0.2) is 28.7 Å². The standard InChI is InChI=1S/C11H13BrF3N/c1-2-10(16-7-11(13,14)15)8-3-5-9(12)6-4-8/h3-6,10,16H,2,7H2,1H3. The van der Waals surface area contributed by atoms with Crippen LogP contribution in [0.5, 0.6) is 0 Å². The van der Waals surface area contributed by atoms with E-state index in [1.807, 2.05) is 31.2 Å². The number of rotatable bonds is 4. The molecule has 0 bridgehead atoms. The zero-order chi connectivity index (χ0) is 12.2. The Hall–Kier alpha value is -0.550. The van der Waals surface area contributed by atoms with Crippen LogP contribution in [0, 0.1) is 0 Å². The van der Waals surface area contributed by atoms with Gasteiger partial charge in [0.05, 0.1) is 6.54 Å². The Morgan fingerprint density at radius 2 is 1.81 bits per heavy atom. The van der Waals surface area contributed by atoms with E-state index in [4.69, 9.17) is 0 Å². The summed E-state index contributed by atoms with van der Waals surface area (Å²) < 4.78 is 37.1. The van der Waals surface area contributed by atoms with Gasteiger partial charge in [-0.25, -0.2) is 0 Å². The quantitative estimate of drug-likeness (QED) is 0.883. The molecule has 0 heterocycles. The predicted molar refractivity (Wildman–Crippen MR) is 61.2 cm³/mol. The molecule has 1 aromatic carbocycles. The predicted octanol–water partition coefficient (Wildman–Crippen LogP) is 4.05. The molecule has 5 heteroatoms. The first-order chi connectivity index (χ1) is 7.42. The van der Waals surface area contributed by atoms with Crippen molar-refractivity contribution in [1.82, 2.24) is 5.32 Å². The van der Waals surface area contributed by atoms with Crippen LogP contribution < -0.4 is 5.32 Å². The Morgan fingerprint density at radius 3 is 2.25 bits per heavy atom. The highest BCUT2D eigenvalue weighted by Crippen LogP contribution is 2.21. The fourth-order valence-electron chi connectivity index (χ4n) is 1.43. The molecule has 1 rings (SSSR count). The number of hydrogen-bond donors (Lipinski definition) is 1. The van der Waals surface area contributed by atoms with Gasteiger partial charge in [-0.2, -0.15) is 13.2 Å². The Balaban J connectivity index is 2.64. The van der Waals surface area contributed by atoms with Crippen molar-refractivity contribution >= 4 is 15.9 Å². The summed E-state index contributed by atoms with van der Waals surface area (Å²) in [6, 6.07) is 7.04. The maximum atomic E-state index is 12.1. The lowest BCUT2D eigenvalue weighted by Gasteiger charge is -2.18. The molecule has 0 radical (unpaired) electrons. The zero-order valence-corrected chi connectivity index (χ0v) is 10.4. The van der Waals surface area contributed by atoms with Crippen molar-refractivity contribution in [2.45, 2.75) is 25.6 Å². The van der Waals surface area contributed by atoms with Crippen LogP contribution in [0.2, 0.25) is 0 Å².